The SMILES string of the molecule is CCNC(=O)CNC(=O)CSc1nnc(NC(C)C)s1. The van der Waals surface area contributed by atoms with Gasteiger partial charge < -0.3 is 16.0 Å². The van der Waals surface area contributed by atoms with Gasteiger partial charge in [-0.15, -0.1) is 10.2 Å². The molecule has 0 aliphatic heterocycles. The van der Waals surface area contributed by atoms with Crippen molar-refractivity contribution >= 4 is 40.0 Å². The van der Waals surface area contributed by atoms with Crippen LogP contribution in [0.15, 0.2) is 4.34 Å². The Morgan fingerprint density at radius 3 is 2.65 bits per heavy atom. The molecule has 0 aliphatic rings. The van der Waals surface area contributed by atoms with Crippen molar-refractivity contribution in [2.75, 3.05) is 24.2 Å². The van der Waals surface area contributed by atoms with Gasteiger partial charge in [-0.3, -0.25) is 9.59 Å². The van der Waals surface area contributed by atoms with Crippen molar-refractivity contribution < 1.29 is 9.59 Å². The Hall–Kier alpha value is -1.35. The summed E-state index contributed by atoms with van der Waals surface area (Å²) in [4.78, 5) is 22.7. The normalized spacial score (nSPS) is 10.4. The fraction of sp³-hybridized carbons (Fsp3) is 0.636. The lowest BCUT2D eigenvalue weighted by Gasteiger charge is -2.04. The number of aromatic nitrogens is 2. The van der Waals surface area contributed by atoms with Crippen molar-refractivity contribution in [3.63, 3.8) is 0 Å². The van der Waals surface area contributed by atoms with Crippen molar-refractivity contribution in [2.45, 2.75) is 31.2 Å². The molecular weight excluding hydrogens is 298 g/mol. The summed E-state index contributed by atoms with van der Waals surface area (Å²) in [6.07, 6.45) is 0. The maximum atomic E-state index is 11.5. The molecule has 20 heavy (non-hydrogen) atoms. The summed E-state index contributed by atoms with van der Waals surface area (Å²) in [5.74, 6) is -0.171. The molecule has 0 saturated heterocycles. The van der Waals surface area contributed by atoms with E-state index in [4.69, 9.17) is 0 Å². The summed E-state index contributed by atoms with van der Waals surface area (Å²) >= 11 is 2.71. The number of anilines is 1. The highest BCUT2D eigenvalue weighted by Gasteiger charge is 2.09. The van der Waals surface area contributed by atoms with Gasteiger partial charge >= 0.3 is 0 Å². The molecule has 0 bridgehead atoms. The second-order valence-electron chi connectivity index (χ2n) is 4.19. The molecule has 9 heteroatoms. The van der Waals surface area contributed by atoms with E-state index in [9.17, 15) is 9.59 Å². The number of rotatable bonds is 8. The molecule has 1 rings (SSSR count). The van der Waals surface area contributed by atoms with E-state index in [0.717, 1.165) is 9.47 Å². The average Bonchev–Trinajstić information content (AvgIpc) is 2.81. The second kappa shape index (κ2) is 8.75. The fourth-order valence-corrected chi connectivity index (χ4v) is 2.92. The van der Waals surface area contributed by atoms with Gasteiger partial charge in [0.15, 0.2) is 4.34 Å². The van der Waals surface area contributed by atoms with Crippen LogP contribution in [0.2, 0.25) is 0 Å². The van der Waals surface area contributed by atoms with Gasteiger partial charge in [-0.25, -0.2) is 0 Å². The summed E-state index contributed by atoms with van der Waals surface area (Å²) < 4.78 is 0.723. The van der Waals surface area contributed by atoms with Gasteiger partial charge in [0.25, 0.3) is 0 Å². The van der Waals surface area contributed by atoms with Crippen molar-refractivity contribution in [3.05, 3.63) is 0 Å². The summed E-state index contributed by atoms with van der Waals surface area (Å²) in [6.45, 7) is 6.42. The van der Waals surface area contributed by atoms with Gasteiger partial charge in [-0.2, -0.15) is 0 Å². The Balaban J connectivity index is 2.27. The van der Waals surface area contributed by atoms with Gasteiger partial charge in [0.05, 0.1) is 12.3 Å². The largest absolute Gasteiger partial charge is 0.358 e. The molecule has 1 aromatic heterocycles. The first-order valence-corrected chi connectivity index (χ1v) is 8.07. The summed E-state index contributed by atoms with van der Waals surface area (Å²) in [7, 11) is 0. The van der Waals surface area contributed by atoms with Crippen LogP contribution >= 0.6 is 23.1 Å². The summed E-state index contributed by atoms with van der Waals surface area (Å²) in [6, 6.07) is 0.293. The molecule has 7 nitrogen and oxygen atoms in total. The first kappa shape index (κ1) is 16.7. The number of hydrogen-bond donors (Lipinski definition) is 3. The van der Waals surface area contributed by atoms with E-state index in [1.165, 1.54) is 23.1 Å². The third-order valence-electron chi connectivity index (χ3n) is 1.97. The minimum atomic E-state index is -0.199. The fourth-order valence-electron chi connectivity index (χ4n) is 1.19. The Morgan fingerprint density at radius 1 is 1.25 bits per heavy atom. The molecule has 0 spiro atoms. The maximum Gasteiger partial charge on any atom is 0.239 e. The molecule has 0 aliphatic carbocycles. The predicted octanol–water partition coefficient (Wildman–Crippen LogP) is 0.703. The molecule has 2 amide bonds. The Bertz CT molecular complexity index is 450. The number of hydrogen-bond acceptors (Lipinski definition) is 7. The zero-order valence-electron chi connectivity index (χ0n) is 11.7. The van der Waals surface area contributed by atoms with E-state index in [0.29, 0.717) is 12.6 Å². The highest BCUT2D eigenvalue weighted by Crippen LogP contribution is 2.25. The van der Waals surface area contributed by atoms with Crippen molar-refractivity contribution in [2.24, 2.45) is 0 Å². The predicted molar refractivity (Wildman–Crippen MR) is 81.1 cm³/mol. The number of thioether (sulfide) groups is 1. The molecule has 0 aromatic carbocycles. The van der Waals surface area contributed by atoms with Crippen molar-refractivity contribution in [3.8, 4) is 0 Å². The third kappa shape index (κ3) is 6.71. The zero-order valence-corrected chi connectivity index (χ0v) is 13.4. The molecule has 1 aromatic rings. The van der Waals surface area contributed by atoms with Crippen LogP contribution in [0.1, 0.15) is 20.8 Å². The van der Waals surface area contributed by atoms with Crippen LogP contribution in [0.4, 0.5) is 5.13 Å². The lowest BCUT2D eigenvalue weighted by Crippen LogP contribution is -2.37. The van der Waals surface area contributed by atoms with E-state index in [-0.39, 0.29) is 24.1 Å². The standard InChI is InChI=1S/C11H19N5O2S2/c1-4-12-8(17)5-13-9(18)6-19-11-16-15-10(20-11)14-7(2)3/h7H,4-6H2,1-3H3,(H,12,17)(H,13,18)(H,14,15). The molecular formula is C11H19N5O2S2. The first-order chi connectivity index (χ1) is 9.51. The van der Waals surface area contributed by atoms with Crippen molar-refractivity contribution in [1.82, 2.24) is 20.8 Å². The lowest BCUT2D eigenvalue weighted by atomic mass is 10.4. The van der Waals surface area contributed by atoms with E-state index in [2.05, 4.69) is 26.1 Å². The molecule has 0 fully saturated rings. The number of amides is 2. The van der Waals surface area contributed by atoms with Gasteiger partial charge in [0, 0.05) is 12.6 Å². The second-order valence-corrected chi connectivity index (χ2v) is 6.39. The molecule has 0 radical (unpaired) electrons. The quantitative estimate of drug-likeness (QED) is 0.611. The van der Waals surface area contributed by atoms with E-state index in [1.807, 2.05) is 20.8 Å². The number of nitrogens with one attached hydrogen (secondary N) is 3. The monoisotopic (exact) mass is 317 g/mol. The Labute approximate surface area is 126 Å². The van der Waals surface area contributed by atoms with Crippen molar-refractivity contribution in [1.29, 1.82) is 0 Å². The highest BCUT2D eigenvalue weighted by molar-refractivity contribution is 8.01. The van der Waals surface area contributed by atoms with Crippen LogP contribution in [0, 0.1) is 0 Å². The van der Waals surface area contributed by atoms with Gasteiger partial charge in [0.2, 0.25) is 16.9 Å². The number of carbonyl (C=O) groups excluding carboxylic acids is 2. The molecule has 3 N–H and O–H groups in total. The summed E-state index contributed by atoms with van der Waals surface area (Å²) in [5.41, 5.74) is 0. The maximum absolute atomic E-state index is 11.5. The molecule has 0 saturated carbocycles. The molecule has 1 heterocycles. The van der Waals surface area contributed by atoms with Crippen LogP contribution in [-0.2, 0) is 9.59 Å². The smallest absolute Gasteiger partial charge is 0.239 e. The number of likely N-dealkylation sites (N-methyl/N-ethyl adjacent to an activating group) is 1. The topological polar surface area (TPSA) is 96.0 Å². The van der Waals surface area contributed by atoms with Crippen LogP contribution in [0.25, 0.3) is 0 Å². The molecule has 0 atom stereocenters. The minimum absolute atomic E-state index is 0.00348. The Morgan fingerprint density at radius 2 is 2.00 bits per heavy atom. The number of carbonyl (C=O) groups is 2. The van der Waals surface area contributed by atoms with Crippen LogP contribution in [0.5, 0.6) is 0 Å². The Kier molecular flexibility index (Phi) is 7.31. The van der Waals surface area contributed by atoms with E-state index >= 15 is 0 Å². The van der Waals surface area contributed by atoms with Gasteiger partial charge in [-0.1, -0.05) is 23.1 Å². The highest BCUT2D eigenvalue weighted by atomic mass is 32.2. The van der Waals surface area contributed by atoms with E-state index < -0.39 is 0 Å². The summed E-state index contributed by atoms with van der Waals surface area (Å²) in [5, 5.41) is 17.0. The first-order valence-electron chi connectivity index (χ1n) is 6.27. The zero-order chi connectivity index (χ0) is 15.0. The minimum Gasteiger partial charge on any atom is -0.358 e. The molecule has 112 valence electrons. The van der Waals surface area contributed by atoms with E-state index in [1.54, 1.807) is 0 Å². The van der Waals surface area contributed by atoms with Crippen LogP contribution in [0.3, 0.4) is 0 Å². The van der Waals surface area contributed by atoms with Gasteiger partial charge in [0.1, 0.15) is 0 Å². The lowest BCUT2D eigenvalue weighted by molar-refractivity contribution is -0.124. The van der Waals surface area contributed by atoms with Crippen LogP contribution in [-0.4, -0.2) is 46.9 Å². The molecule has 0 unspecified atom stereocenters. The van der Waals surface area contributed by atoms with Crippen LogP contribution < -0.4 is 16.0 Å². The third-order valence-corrected chi connectivity index (χ3v) is 3.95. The number of nitrogens with zero attached hydrogens (tertiary/aromatic N) is 2. The average molecular weight is 317 g/mol. The van der Waals surface area contributed by atoms with Gasteiger partial charge in [-0.05, 0) is 20.8 Å².